The van der Waals surface area contributed by atoms with Gasteiger partial charge in [-0.3, -0.25) is 9.59 Å². The zero-order valence-electron chi connectivity index (χ0n) is 23.9. The Labute approximate surface area is 218 Å². The van der Waals surface area contributed by atoms with E-state index in [4.69, 9.17) is 18.9 Å². The van der Waals surface area contributed by atoms with Crippen molar-refractivity contribution in [3.63, 3.8) is 0 Å². The van der Waals surface area contributed by atoms with Crippen molar-refractivity contribution in [1.29, 1.82) is 0 Å². The molecule has 6 heteroatoms. The van der Waals surface area contributed by atoms with Crippen molar-refractivity contribution in [1.82, 2.24) is 0 Å². The molecule has 0 saturated carbocycles. The summed E-state index contributed by atoms with van der Waals surface area (Å²) in [5.41, 5.74) is 3.67. The predicted octanol–water partition coefficient (Wildman–Crippen LogP) is 7.10. The summed E-state index contributed by atoms with van der Waals surface area (Å²) in [5.74, 6) is 1.34. The van der Waals surface area contributed by atoms with Crippen LogP contribution in [-0.2, 0) is 25.5 Å². The van der Waals surface area contributed by atoms with E-state index in [1.165, 1.54) is 5.56 Å². The van der Waals surface area contributed by atoms with Crippen molar-refractivity contribution in [3.05, 3.63) is 22.3 Å². The maximum Gasteiger partial charge on any atom is 0.311 e. The highest BCUT2D eigenvalue weighted by Crippen LogP contribution is 2.41. The Morgan fingerprint density at radius 3 is 2.11 bits per heavy atom. The average Bonchev–Trinajstić information content (AvgIpc) is 2.80. The van der Waals surface area contributed by atoms with Gasteiger partial charge in [0.1, 0.15) is 17.1 Å². The third kappa shape index (κ3) is 9.42. The summed E-state index contributed by atoms with van der Waals surface area (Å²) < 4.78 is 23.0. The van der Waals surface area contributed by atoms with Gasteiger partial charge in [-0.1, -0.05) is 25.7 Å². The van der Waals surface area contributed by atoms with E-state index in [9.17, 15) is 9.59 Å². The van der Waals surface area contributed by atoms with E-state index in [1.807, 2.05) is 48.5 Å². The molecule has 0 aromatic heterocycles. The lowest BCUT2D eigenvalue weighted by Crippen LogP contribution is -2.34. The molecule has 0 amide bonds. The van der Waals surface area contributed by atoms with Gasteiger partial charge in [-0.05, 0) is 97.8 Å². The Hall–Kier alpha value is -2.08. The van der Waals surface area contributed by atoms with Crippen LogP contribution in [-0.4, -0.2) is 36.4 Å². The van der Waals surface area contributed by atoms with Crippen molar-refractivity contribution in [2.24, 2.45) is 0 Å². The highest BCUT2D eigenvalue weighted by atomic mass is 16.6. The van der Waals surface area contributed by atoms with Gasteiger partial charge >= 0.3 is 11.9 Å². The molecule has 1 heterocycles. The number of hydrogen-bond acceptors (Lipinski definition) is 6. The number of fused-ring (bicyclic) bond motifs is 1. The summed E-state index contributed by atoms with van der Waals surface area (Å²) in [4.78, 5) is 24.6. The standard InChI is InChI=1S/C30H48O6/c1-20(2)33-19-30(7,8)36-27(32)16-14-12-10-9-11-13-15-26(31)35-28-22(4)23(5)29-25(24(28)6)18-17-21(3)34-29/h20-21H,9-19H2,1-8H3. The van der Waals surface area contributed by atoms with Crippen molar-refractivity contribution in [2.45, 2.75) is 137 Å². The first kappa shape index (κ1) is 30.1. The summed E-state index contributed by atoms with van der Waals surface area (Å²) in [6.45, 7) is 16.3. The molecular weight excluding hydrogens is 456 g/mol. The Kier molecular flexibility index (Phi) is 11.7. The van der Waals surface area contributed by atoms with Gasteiger partial charge in [0.25, 0.3) is 0 Å². The molecule has 1 aromatic carbocycles. The second-order valence-electron chi connectivity index (χ2n) is 11.2. The summed E-state index contributed by atoms with van der Waals surface area (Å²) in [6, 6.07) is 0. The molecule has 6 nitrogen and oxygen atoms in total. The largest absolute Gasteiger partial charge is 0.490 e. The van der Waals surface area contributed by atoms with Gasteiger partial charge in [0.2, 0.25) is 0 Å². The van der Waals surface area contributed by atoms with Gasteiger partial charge in [0.15, 0.2) is 0 Å². The molecule has 1 aliphatic rings. The van der Waals surface area contributed by atoms with Crippen LogP contribution in [0.25, 0.3) is 0 Å². The normalized spacial score (nSPS) is 15.4. The second-order valence-corrected chi connectivity index (χ2v) is 11.2. The molecule has 1 unspecified atom stereocenters. The maximum atomic E-state index is 12.5. The van der Waals surface area contributed by atoms with E-state index in [2.05, 4.69) is 6.92 Å². The summed E-state index contributed by atoms with van der Waals surface area (Å²) >= 11 is 0. The van der Waals surface area contributed by atoms with Crippen LogP contribution in [0.4, 0.5) is 0 Å². The lowest BCUT2D eigenvalue weighted by atomic mass is 9.92. The number of ether oxygens (including phenoxy) is 4. The number of benzene rings is 1. The quantitative estimate of drug-likeness (QED) is 0.153. The monoisotopic (exact) mass is 504 g/mol. The SMILES string of the molecule is Cc1c(C)c2c(c(C)c1OC(=O)CCCCCCCCC(=O)OC(C)(C)COC(C)C)CCC(C)O2. The van der Waals surface area contributed by atoms with E-state index >= 15 is 0 Å². The van der Waals surface area contributed by atoms with Crippen molar-refractivity contribution in [3.8, 4) is 11.5 Å². The van der Waals surface area contributed by atoms with Crippen LogP contribution < -0.4 is 9.47 Å². The smallest absolute Gasteiger partial charge is 0.311 e. The minimum Gasteiger partial charge on any atom is -0.490 e. The molecule has 2 rings (SSSR count). The highest BCUT2D eigenvalue weighted by molar-refractivity contribution is 5.74. The summed E-state index contributed by atoms with van der Waals surface area (Å²) in [7, 11) is 0. The Morgan fingerprint density at radius 2 is 1.50 bits per heavy atom. The first-order valence-corrected chi connectivity index (χ1v) is 13.7. The summed E-state index contributed by atoms with van der Waals surface area (Å²) in [6.07, 6.45) is 8.80. The fourth-order valence-electron chi connectivity index (χ4n) is 4.54. The lowest BCUT2D eigenvalue weighted by Gasteiger charge is -2.28. The molecule has 1 atom stereocenters. The van der Waals surface area contributed by atoms with E-state index in [1.54, 1.807) is 0 Å². The van der Waals surface area contributed by atoms with E-state index in [0.29, 0.717) is 25.2 Å². The molecule has 0 N–H and O–H groups in total. The lowest BCUT2D eigenvalue weighted by molar-refractivity contribution is -0.163. The van der Waals surface area contributed by atoms with Crippen LogP contribution in [0.5, 0.6) is 11.5 Å². The van der Waals surface area contributed by atoms with Crippen molar-refractivity contribution in [2.75, 3.05) is 6.61 Å². The Balaban J connectivity index is 1.64. The van der Waals surface area contributed by atoms with Gasteiger partial charge in [-0.15, -0.1) is 0 Å². The fraction of sp³-hybridized carbons (Fsp3) is 0.733. The molecule has 1 aliphatic heterocycles. The Morgan fingerprint density at radius 1 is 0.917 bits per heavy atom. The number of carbonyl (C=O) groups is 2. The van der Waals surface area contributed by atoms with Crippen LogP contribution in [0.15, 0.2) is 0 Å². The average molecular weight is 505 g/mol. The van der Waals surface area contributed by atoms with E-state index in [0.717, 1.165) is 73.8 Å². The molecule has 0 radical (unpaired) electrons. The molecule has 0 bridgehead atoms. The topological polar surface area (TPSA) is 71.1 Å². The molecule has 1 aromatic rings. The third-order valence-electron chi connectivity index (χ3n) is 6.81. The van der Waals surface area contributed by atoms with Gasteiger partial charge in [0.05, 0.1) is 18.8 Å². The zero-order chi connectivity index (χ0) is 26.9. The van der Waals surface area contributed by atoms with Crippen LogP contribution in [0.1, 0.15) is 115 Å². The second kappa shape index (κ2) is 14.0. The van der Waals surface area contributed by atoms with Crippen molar-refractivity contribution < 1.29 is 28.5 Å². The summed E-state index contributed by atoms with van der Waals surface area (Å²) in [5, 5.41) is 0. The molecule has 0 fully saturated rings. The number of unbranched alkanes of at least 4 members (excludes halogenated alkanes) is 5. The first-order valence-electron chi connectivity index (χ1n) is 13.7. The van der Waals surface area contributed by atoms with Gasteiger partial charge in [-0.2, -0.15) is 0 Å². The Bertz CT molecular complexity index is 886. The third-order valence-corrected chi connectivity index (χ3v) is 6.81. The number of hydrogen-bond donors (Lipinski definition) is 0. The molecule has 0 aliphatic carbocycles. The van der Waals surface area contributed by atoms with E-state index < -0.39 is 5.60 Å². The molecule has 36 heavy (non-hydrogen) atoms. The first-order chi connectivity index (χ1) is 16.9. The number of rotatable bonds is 14. The van der Waals surface area contributed by atoms with Crippen molar-refractivity contribution >= 4 is 11.9 Å². The van der Waals surface area contributed by atoms with Crippen LogP contribution in [0.2, 0.25) is 0 Å². The fourth-order valence-corrected chi connectivity index (χ4v) is 4.54. The van der Waals surface area contributed by atoms with E-state index in [-0.39, 0.29) is 24.1 Å². The molecular formula is C30H48O6. The minimum absolute atomic E-state index is 0.116. The number of carbonyl (C=O) groups excluding carboxylic acids is 2. The van der Waals surface area contributed by atoms with Crippen LogP contribution in [0, 0.1) is 20.8 Å². The molecule has 0 saturated heterocycles. The van der Waals surface area contributed by atoms with Crippen LogP contribution >= 0.6 is 0 Å². The zero-order valence-corrected chi connectivity index (χ0v) is 23.9. The van der Waals surface area contributed by atoms with Gasteiger partial charge in [0, 0.05) is 18.4 Å². The highest BCUT2D eigenvalue weighted by Gasteiger charge is 2.26. The molecule has 0 spiro atoms. The maximum absolute atomic E-state index is 12.5. The minimum atomic E-state index is -0.600. The molecule has 204 valence electrons. The predicted molar refractivity (Wildman–Crippen MR) is 143 cm³/mol. The van der Waals surface area contributed by atoms with Gasteiger partial charge < -0.3 is 18.9 Å². The number of esters is 2. The van der Waals surface area contributed by atoms with Gasteiger partial charge in [-0.25, -0.2) is 0 Å². The van der Waals surface area contributed by atoms with Crippen LogP contribution in [0.3, 0.4) is 0 Å².